The van der Waals surface area contributed by atoms with Gasteiger partial charge in [-0.3, -0.25) is 0 Å². The van der Waals surface area contributed by atoms with Gasteiger partial charge in [0.1, 0.15) is 16.8 Å². The molecule has 0 aliphatic rings. The van der Waals surface area contributed by atoms with Gasteiger partial charge in [-0.2, -0.15) is 5.26 Å². The SMILES string of the molecule is CCOc1ccc(-c2nc(C#N)c(C)s2)cc1. The second-order valence-corrected chi connectivity index (χ2v) is 4.70. The summed E-state index contributed by atoms with van der Waals surface area (Å²) < 4.78 is 5.38. The monoisotopic (exact) mass is 244 g/mol. The Balaban J connectivity index is 2.30. The van der Waals surface area contributed by atoms with Crippen molar-refractivity contribution in [3.05, 3.63) is 34.8 Å². The topological polar surface area (TPSA) is 45.9 Å². The second kappa shape index (κ2) is 4.98. The summed E-state index contributed by atoms with van der Waals surface area (Å²) in [6.07, 6.45) is 0. The van der Waals surface area contributed by atoms with Crippen LogP contribution in [0.5, 0.6) is 5.75 Å². The Labute approximate surface area is 104 Å². The van der Waals surface area contributed by atoms with Gasteiger partial charge < -0.3 is 4.74 Å². The number of nitriles is 1. The van der Waals surface area contributed by atoms with Gasteiger partial charge in [0, 0.05) is 10.4 Å². The third-order valence-electron chi connectivity index (χ3n) is 2.31. The van der Waals surface area contributed by atoms with Crippen LogP contribution in [-0.4, -0.2) is 11.6 Å². The average molecular weight is 244 g/mol. The van der Waals surface area contributed by atoms with Crippen molar-refractivity contribution in [1.29, 1.82) is 5.26 Å². The van der Waals surface area contributed by atoms with Crippen molar-refractivity contribution < 1.29 is 4.74 Å². The molecule has 0 N–H and O–H groups in total. The molecule has 86 valence electrons. The molecule has 0 radical (unpaired) electrons. The van der Waals surface area contributed by atoms with Gasteiger partial charge >= 0.3 is 0 Å². The van der Waals surface area contributed by atoms with E-state index in [1.165, 1.54) is 11.3 Å². The van der Waals surface area contributed by atoms with E-state index in [4.69, 9.17) is 10.00 Å². The lowest BCUT2D eigenvalue weighted by Crippen LogP contribution is -1.90. The van der Waals surface area contributed by atoms with Crippen LogP contribution < -0.4 is 4.74 Å². The number of ether oxygens (including phenoxy) is 1. The van der Waals surface area contributed by atoms with Crippen LogP contribution in [0.3, 0.4) is 0 Å². The summed E-state index contributed by atoms with van der Waals surface area (Å²) in [5, 5.41) is 9.74. The summed E-state index contributed by atoms with van der Waals surface area (Å²) in [4.78, 5) is 5.25. The molecule has 17 heavy (non-hydrogen) atoms. The van der Waals surface area contributed by atoms with Gasteiger partial charge in [-0.25, -0.2) is 4.98 Å². The van der Waals surface area contributed by atoms with Crippen LogP contribution in [0.15, 0.2) is 24.3 Å². The smallest absolute Gasteiger partial charge is 0.155 e. The lowest BCUT2D eigenvalue weighted by Gasteiger charge is -2.02. The van der Waals surface area contributed by atoms with Crippen LogP contribution in [0, 0.1) is 18.3 Å². The molecule has 3 nitrogen and oxygen atoms in total. The normalized spacial score (nSPS) is 9.94. The van der Waals surface area contributed by atoms with Crippen LogP contribution in [0.2, 0.25) is 0 Å². The summed E-state index contributed by atoms with van der Waals surface area (Å²) in [5.41, 5.74) is 1.53. The van der Waals surface area contributed by atoms with E-state index in [0.717, 1.165) is 21.2 Å². The van der Waals surface area contributed by atoms with E-state index < -0.39 is 0 Å². The zero-order valence-corrected chi connectivity index (χ0v) is 10.5. The summed E-state index contributed by atoms with van der Waals surface area (Å²) in [6, 6.07) is 9.85. The first-order chi connectivity index (χ1) is 8.24. The largest absolute Gasteiger partial charge is 0.494 e. The fraction of sp³-hybridized carbons (Fsp3) is 0.231. The standard InChI is InChI=1S/C13H12N2OS/c1-3-16-11-6-4-10(5-7-11)13-15-12(8-14)9(2)17-13/h4-7H,3H2,1-2H3. The highest BCUT2D eigenvalue weighted by molar-refractivity contribution is 7.15. The minimum Gasteiger partial charge on any atom is -0.494 e. The molecule has 0 saturated heterocycles. The lowest BCUT2D eigenvalue weighted by molar-refractivity contribution is 0.340. The fourth-order valence-corrected chi connectivity index (χ4v) is 2.35. The third kappa shape index (κ3) is 2.45. The minimum atomic E-state index is 0.513. The summed E-state index contributed by atoms with van der Waals surface area (Å²) in [7, 11) is 0. The molecule has 0 unspecified atom stereocenters. The minimum absolute atomic E-state index is 0.513. The number of aryl methyl sites for hydroxylation is 1. The predicted octanol–water partition coefficient (Wildman–Crippen LogP) is 3.39. The number of hydrogen-bond donors (Lipinski definition) is 0. The molecule has 0 fully saturated rings. The molecule has 0 saturated carbocycles. The van der Waals surface area contributed by atoms with E-state index in [-0.39, 0.29) is 0 Å². The molecule has 0 spiro atoms. The molecule has 2 rings (SSSR count). The molecule has 0 amide bonds. The van der Waals surface area contributed by atoms with Gasteiger partial charge in [0.2, 0.25) is 0 Å². The van der Waals surface area contributed by atoms with Gasteiger partial charge in [-0.15, -0.1) is 11.3 Å². The Kier molecular flexibility index (Phi) is 3.40. The summed E-state index contributed by atoms with van der Waals surface area (Å²) in [5.74, 6) is 0.852. The molecule has 4 heteroatoms. The van der Waals surface area contributed by atoms with E-state index in [2.05, 4.69) is 11.1 Å². The van der Waals surface area contributed by atoms with Crippen LogP contribution in [-0.2, 0) is 0 Å². The number of benzene rings is 1. The van der Waals surface area contributed by atoms with Gasteiger partial charge in [0.05, 0.1) is 6.61 Å². The van der Waals surface area contributed by atoms with Crippen LogP contribution in [0.1, 0.15) is 17.5 Å². The zero-order chi connectivity index (χ0) is 12.3. The third-order valence-corrected chi connectivity index (χ3v) is 3.33. The summed E-state index contributed by atoms with van der Waals surface area (Å²) >= 11 is 1.54. The molecule has 2 aromatic rings. The second-order valence-electron chi connectivity index (χ2n) is 3.49. The first-order valence-corrected chi connectivity index (χ1v) is 6.17. The number of aromatic nitrogens is 1. The molecule has 1 heterocycles. The van der Waals surface area contributed by atoms with Crippen molar-refractivity contribution in [2.45, 2.75) is 13.8 Å². The van der Waals surface area contributed by atoms with E-state index in [0.29, 0.717) is 12.3 Å². The van der Waals surface area contributed by atoms with Crippen molar-refractivity contribution in [2.75, 3.05) is 6.61 Å². The van der Waals surface area contributed by atoms with Crippen molar-refractivity contribution in [2.24, 2.45) is 0 Å². The molecule has 0 aliphatic heterocycles. The van der Waals surface area contributed by atoms with Gasteiger partial charge in [0.15, 0.2) is 5.69 Å². The Morgan fingerprint density at radius 1 is 1.35 bits per heavy atom. The highest BCUT2D eigenvalue weighted by Gasteiger charge is 2.08. The van der Waals surface area contributed by atoms with E-state index in [9.17, 15) is 0 Å². The Morgan fingerprint density at radius 3 is 2.59 bits per heavy atom. The molecular weight excluding hydrogens is 232 g/mol. The first-order valence-electron chi connectivity index (χ1n) is 5.35. The maximum atomic E-state index is 8.87. The van der Waals surface area contributed by atoms with Crippen molar-refractivity contribution in [1.82, 2.24) is 4.98 Å². The van der Waals surface area contributed by atoms with Crippen LogP contribution in [0.4, 0.5) is 0 Å². The number of thiazole rings is 1. The van der Waals surface area contributed by atoms with Gasteiger partial charge in [-0.05, 0) is 38.1 Å². The summed E-state index contributed by atoms with van der Waals surface area (Å²) in [6.45, 7) is 4.53. The molecule has 1 aromatic heterocycles. The maximum Gasteiger partial charge on any atom is 0.155 e. The molecule has 0 aliphatic carbocycles. The fourth-order valence-electron chi connectivity index (χ4n) is 1.48. The predicted molar refractivity (Wildman–Crippen MR) is 68.2 cm³/mol. The van der Waals surface area contributed by atoms with Crippen molar-refractivity contribution in [3.8, 4) is 22.4 Å². The molecule has 1 aromatic carbocycles. The van der Waals surface area contributed by atoms with Crippen LogP contribution >= 0.6 is 11.3 Å². The van der Waals surface area contributed by atoms with Crippen molar-refractivity contribution >= 4 is 11.3 Å². The zero-order valence-electron chi connectivity index (χ0n) is 9.73. The quantitative estimate of drug-likeness (QED) is 0.831. The van der Waals surface area contributed by atoms with E-state index >= 15 is 0 Å². The van der Waals surface area contributed by atoms with Crippen molar-refractivity contribution in [3.63, 3.8) is 0 Å². The highest BCUT2D eigenvalue weighted by Crippen LogP contribution is 2.28. The lowest BCUT2D eigenvalue weighted by atomic mass is 10.2. The number of hydrogen-bond acceptors (Lipinski definition) is 4. The molecule has 0 atom stereocenters. The van der Waals surface area contributed by atoms with Crippen LogP contribution in [0.25, 0.3) is 10.6 Å². The Morgan fingerprint density at radius 2 is 2.06 bits per heavy atom. The van der Waals surface area contributed by atoms with E-state index in [1.807, 2.05) is 38.1 Å². The number of nitrogens with zero attached hydrogens (tertiary/aromatic N) is 2. The van der Waals surface area contributed by atoms with Gasteiger partial charge in [0.25, 0.3) is 0 Å². The maximum absolute atomic E-state index is 8.87. The average Bonchev–Trinajstić information content (AvgIpc) is 2.72. The number of rotatable bonds is 3. The molecule has 0 bridgehead atoms. The Bertz CT molecular complexity index is 552. The Hall–Kier alpha value is -1.86. The first kappa shape index (κ1) is 11.6. The highest BCUT2D eigenvalue weighted by atomic mass is 32.1. The van der Waals surface area contributed by atoms with E-state index in [1.54, 1.807) is 0 Å². The molecular formula is C13H12N2OS. The van der Waals surface area contributed by atoms with Gasteiger partial charge in [-0.1, -0.05) is 0 Å².